The Morgan fingerprint density at radius 1 is 1.15 bits per heavy atom. The van der Waals surface area contributed by atoms with Crippen molar-refractivity contribution in [1.82, 2.24) is 10.2 Å². The molecule has 6 heteroatoms. The lowest BCUT2D eigenvalue weighted by atomic mass is 9.76. The molecule has 1 spiro atoms. The van der Waals surface area contributed by atoms with Gasteiger partial charge in [-0.3, -0.25) is 24.6 Å². The smallest absolute Gasteiger partial charge is 0.250 e. The van der Waals surface area contributed by atoms with Crippen molar-refractivity contribution in [1.29, 1.82) is 0 Å². The van der Waals surface area contributed by atoms with Crippen molar-refractivity contribution in [2.45, 2.75) is 51.6 Å². The van der Waals surface area contributed by atoms with Crippen LogP contribution in [0.3, 0.4) is 0 Å². The highest BCUT2D eigenvalue weighted by molar-refractivity contribution is 6.15. The zero-order valence-electron chi connectivity index (χ0n) is 15.5. The van der Waals surface area contributed by atoms with Gasteiger partial charge in [0.2, 0.25) is 17.7 Å². The van der Waals surface area contributed by atoms with Gasteiger partial charge in [0.1, 0.15) is 5.54 Å². The minimum Gasteiger partial charge on any atom is -0.324 e. The van der Waals surface area contributed by atoms with Gasteiger partial charge in [-0.1, -0.05) is 32.4 Å². The minimum atomic E-state index is -1.14. The van der Waals surface area contributed by atoms with Gasteiger partial charge < -0.3 is 5.32 Å². The number of carbonyl (C=O) groups excluding carboxylic acids is 3. The van der Waals surface area contributed by atoms with Gasteiger partial charge in [-0.25, -0.2) is 0 Å². The molecule has 3 aliphatic rings. The van der Waals surface area contributed by atoms with E-state index in [0.717, 1.165) is 36.1 Å². The van der Waals surface area contributed by atoms with Gasteiger partial charge in [-0.15, -0.1) is 0 Å². The predicted molar refractivity (Wildman–Crippen MR) is 97.3 cm³/mol. The average Bonchev–Trinajstić information content (AvgIpc) is 3.18. The molecule has 0 bridgehead atoms. The fourth-order valence-electron chi connectivity index (χ4n) is 4.83. The Labute approximate surface area is 153 Å². The van der Waals surface area contributed by atoms with E-state index < -0.39 is 17.4 Å². The Kier molecular flexibility index (Phi) is 3.91. The second kappa shape index (κ2) is 5.91. The quantitative estimate of drug-likeness (QED) is 0.807. The highest BCUT2D eigenvalue weighted by Crippen LogP contribution is 2.52. The van der Waals surface area contributed by atoms with E-state index in [2.05, 4.69) is 17.6 Å². The van der Waals surface area contributed by atoms with Crippen LogP contribution in [-0.2, 0) is 26.3 Å². The molecule has 3 heterocycles. The maximum absolute atomic E-state index is 13.2. The summed E-state index contributed by atoms with van der Waals surface area (Å²) in [5, 5.41) is 6.27. The zero-order valence-corrected chi connectivity index (χ0v) is 15.5. The van der Waals surface area contributed by atoms with Crippen molar-refractivity contribution < 1.29 is 14.4 Å². The number of anilines is 1. The van der Waals surface area contributed by atoms with E-state index in [1.54, 1.807) is 0 Å². The van der Waals surface area contributed by atoms with Gasteiger partial charge in [-0.05, 0) is 31.4 Å². The highest BCUT2D eigenvalue weighted by Gasteiger charge is 2.69. The van der Waals surface area contributed by atoms with E-state index in [0.29, 0.717) is 6.54 Å². The van der Waals surface area contributed by atoms with Gasteiger partial charge in [-0.2, -0.15) is 0 Å². The largest absolute Gasteiger partial charge is 0.324 e. The fraction of sp³-hybridized carbons (Fsp3) is 0.550. The topological polar surface area (TPSA) is 78.5 Å². The molecule has 138 valence electrons. The van der Waals surface area contributed by atoms with E-state index in [-0.39, 0.29) is 23.8 Å². The van der Waals surface area contributed by atoms with Crippen LogP contribution in [0.2, 0.25) is 0 Å². The summed E-state index contributed by atoms with van der Waals surface area (Å²) >= 11 is 0. The van der Waals surface area contributed by atoms with Crippen molar-refractivity contribution >= 4 is 23.4 Å². The molecular weight excluding hydrogens is 330 g/mol. The number of imide groups is 1. The second-order valence-corrected chi connectivity index (χ2v) is 7.61. The van der Waals surface area contributed by atoms with Crippen LogP contribution < -0.4 is 10.6 Å². The summed E-state index contributed by atoms with van der Waals surface area (Å²) < 4.78 is 0. The number of benzene rings is 1. The van der Waals surface area contributed by atoms with Crippen LogP contribution >= 0.6 is 0 Å². The predicted octanol–water partition coefficient (Wildman–Crippen LogP) is 1.79. The Morgan fingerprint density at radius 2 is 1.92 bits per heavy atom. The standard InChI is InChI=1S/C20H25N3O3/c1-4-6-9-23-17(24)15-11(3)22-20(16(15)18(23)25)13-10-12(5-2)7-8-14(13)21-19(20)26/h7-8,10-11,15-16,22H,4-6,9H2,1-3H3,(H,21,26)/t11-,15-,16+,20+/m1/s1. The molecule has 1 aromatic carbocycles. The van der Waals surface area contributed by atoms with Gasteiger partial charge in [0.25, 0.3) is 0 Å². The van der Waals surface area contributed by atoms with Crippen molar-refractivity contribution in [3.8, 4) is 0 Å². The molecule has 26 heavy (non-hydrogen) atoms. The van der Waals surface area contributed by atoms with Crippen LogP contribution in [0, 0.1) is 11.8 Å². The molecule has 3 amide bonds. The third kappa shape index (κ3) is 2.05. The Balaban J connectivity index is 1.83. The number of nitrogens with one attached hydrogen (secondary N) is 2. The zero-order chi connectivity index (χ0) is 18.6. The molecule has 2 saturated heterocycles. The summed E-state index contributed by atoms with van der Waals surface area (Å²) in [5.41, 5.74) is 1.51. The summed E-state index contributed by atoms with van der Waals surface area (Å²) in [6.45, 7) is 6.43. The number of hydrogen-bond donors (Lipinski definition) is 2. The van der Waals surface area contributed by atoms with E-state index in [9.17, 15) is 14.4 Å². The Bertz CT molecular complexity index is 805. The first-order valence-electron chi connectivity index (χ1n) is 9.53. The monoisotopic (exact) mass is 355 g/mol. The van der Waals surface area contributed by atoms with E-state index in [1.165, 1.54) is 4.90 Å². The summed E-state index contributed by atoms with van der Waals surface area (Å²) in [6.07, 6.45) is 2.54. The molecule has 4 atom stereocenters. The van der Waals surface area contributed by atoms with Crippen LogP contribution in [0.4, 0.5) is 5.69 Å². The number of likely N-dealkylation sites (tertiary alicyclic amines) is 1. The SMILES string of the molecule is CCCCN1C(=O)[C@H]2[C@@H](C1=O)[C@]1(N[C@@H]2C)C(=O)Nc2ccc(CC)cc21. The Hall–Kier alpha value is -2.21. The fourth-order valence-corrected chi connectivity index (χ4v) is 4.83. The first-order valence-corrected chi connectivity index (χ1v) is 9.53. The molecule has 6 nitrogen and oxygen atoms in total. The van der Waals surface area contributed by atoms with Gasteiger partial charge in [0, 0.05) is 23.8 Å². The maximum atomic E-state index is 13.2. The van der Waals surface area contributed by atoms with Crippen LogP contribution in [0.15, 0.2) is 18.2 Å². The molecule has 0 aliphatic carbocycles. The number of rotatable bonds is 4. The molecular formula is C20H25N3O3. The number of amides is 3. The van der Waals surface area contributed by atoms with Gasteiger partial charge in [0.05, 0.1) is 11.8 Å². The number of nitrogens with zero attached hydrogens (tertiary/aromatic N) is 1. The molecule has 1 aromatic rings. The number of hydrogen-bond acceptors (Lipinski definition) is 4. The lowest BCUT2D eigenvalue weighted by Gasteiger charge is -2.29. The summed E-state index contributed by atoms with van der Waals surface area (Å²) in [5.74, 6) is -1.73. The third-order valence-corrected chi connectivity index (χ3v) is 6.16. The molecule has 3 aliphatic heterocycles. The number of fused-ring (bicyclic) bond motifs is 4. The van der Waals surface area contributed by atoms with Crippen LogP contribution in [0.25, 0.3) is 0 Å². The number of carbonyl (C=O) groups is 3. The third-order valence-electron chi connectivity index (χ3n) is 6.16. The summed E-state index contributed by atoms with van der Waals surface area (Å²) in [6, 6.07) is 5.66. The van der Waals surface area contributed by atoms with Crippen molar-refractivity contribution in [3.05, 3.63) is 29.3 Å². The van der Waals surface area contributed by atoms with Crippen LogP contribution in [0.5, 0.6) is 0 Å². The molecule has 0 unspecified atom stereocenters. The van der Waals surface area contributed by atoms with Gasteiger partial charge >= 0.3 is 0 Å². The van der Waals surface area contributed by atoms with Crippen LogP contribution in [-0.4, -0.2) is 35.2 Å². The van der Waals surface area contributed by atoms with Crippen molar-refractivity contribution in [3.63, 3.8) is 0 Å². The molecule has 2 fully saturated rings. The normalized spacial score (nSPS) is 32.3. The maximum Gasteiger partial charge on any atom is 0.250 e. The summed E-state index contributed by atoms with van der Waals surface area (Å²) in [4.78, 5) is 40.6. The second-order valence-electron chi connectivity index (χ2n) is 7.61. The van der Waals surface area contributed by atoms with Crippen molar-refractivity contribution in [2.24, 2.45) is 11.8 Å². The van der Waals surface area contributed by atoms with Crippen LogP contribution in [0.1, 0.15) is 44.7 Å². The first kappa shape index (κ1) is 17.2. The van der Waals surface area contributed by atoms with E-state index in [4.69, 9.17) is 0 Å². The Morgan fingerprint density at radius 3 is 2.62 bits per heavy atom. The van der Waals surface area contributed by atoms with E-state index >= 15 is 0 Å². The lowest BCUT2D eigenvalue weighted by molar-refractivity contribution is -0.142. The summed E-state index contributed by atoms with van der Waals surface area (Å²) in [7, 11) is 0. The lowest BCUT2D eigenvalue weighted by Crippen LogP contribution is -2.53. The first-order chi connectivity index (χ1) is 12.5. The molecule has 2 N–H and O–H groups in total. The highest BCUT2D eigenvalue weighted by atomic mass is 16.2. The number of aryl methyl sites for hydroxylation is 1. The molecule has 0 radical (unpaired) electrons. The average molecular weight is 355 g/mol. The molecule has 4 rings (SSSR count). The molecule has 0 aromatic heterocycles. The minimum absolute atomic E-state index is 0.141. The van der Waals surface area contributed by atoms with E-state index in [1.807, 2.05) is 32.0 Å². The van der Waals surface area contributed by atoms with Crippen molar-refractivity contribution in [2.75, 3.05) is 11.9 Å². The number of unbranched alkanes of at least 4 members (excludes halogenated alkanes) is 1. The molecule has 0 saturated carbocycles. The van der Waals surface area contributed by atoms with Gasteiger partial charge in [0.15, 0.2) is 0 Å².